The van der Waals surface area contributed by atoms with Crippen molar-refractivity contribution in [2.45, 2.75) is 61.6 Å². The van der Waals surface area contributed by atoms with Gasteiger partial charge >= 0.3 is 0 Å². The number of aliphatic hydroxyl groups is 1. The van der Waals surface area contributed by atoms with Crippen LogP contribution in [0.25, 0.3) is 0 Å². The van der Waals surface area contributed by atoms with Crippen LogP contribution in [0.5, 0.6) is 0 Å². The maximum absolute atomic E-state index is 14.2. The van der Waals surface area contributed by atoms with Crippen molar-refractivity contribution in [1.82, 2.24) is 4.31 Å². The Morgan fingerprint density at radius 3 is 2.29 bits per heavy atom. The predicted molar refractivity (Wildman–Crippen MR) is 135 cm³/mol. The number of hydrogen-bond donors (Lipinski definition) is 1. The highest BCUT2D eigenvalue weighted by molar-refractivity contribution is 7.89. The molecule has 0 amide bonds. The van der Waals surface area contributed by atoms with Crippen molar-refractivity contribution in [3.05, 3.63) is 101 Å². The van der Waals surface area contributed by atoms with Gasteiger partial charge in [0.15, 0.2) is 0 Å². The monoisotopic (exact) mass is 495 g/mol. The van der Waals surface area contributed by atoms with Gasteiger partial charge in [0.05, 0.1) is 17.0 Å². The molecule has 1 N–H and O–H groups in total. The minimum Gasteiger partial charge on any atom is -0.393 e. The third-order valence-corrected chi connectivity index (χ3v) is 9.75. The Balaban J connectivity index is 1.59. The van der Waals surface area contributed by atoms with Gasteiger partial charge < -0.3 is 5.11 Å². The number of aliphatic hydroxyl groups excluding tert-OH is 1. The van der Waals surface area contributed by atoms with Crippen molar-refractivity contribution in [2.75, 3.05) is 0 Å². The highest BCUT2D eigenvalue weighted by Gasteiger charge is 2.50. The molecular formula is C28H30ClNO3S. The first-order chi connectivity index (χ1) is 16.3. The zero-order valence-electron chi connectivity index (χ0n) is 19.2. The van der Waals surface area contributed by atoms with Gasteiger partial charge in [0.25, 0.3) is 0 Å². The van der Waals surface area contributed by atoms with E-state index in [0.717, 1.165) is 29.5 Å². The van der Waals surface area contributed by atoms with Gasteiger partial charge in [0.1, 0.15) is 0 Å². The van der Waals surface area contributed by atoms with E-state index in [1.165, 1.54) is 0 Å². The van der Waals surface area contributed by atoms with Gasteiger partial charge in [-0.2, -0.15) is 4.31 Å². The van der Waals surface area contributed by atoms with Crippen molar-refractivity contribution in [1.29, 1.82) is 0 Å². The lowest BCUT2D eigenvalue weighted by molar-refractivity contribution is -0.0338. The Bertz CT molecular complexity index is 1250. The molecule has 3 aromatic rings. The van der Waals surface area contributed by atoms with Crippen LogP contribution in [0.3, 0.4) is 0 Å². The predicted octanol–water partition coefficient (Wildman–Crippen LogP) is 6.10. The number of halogens is 1. The number of benzene rings is 3. The fraction of sp³-hybridized carbons (Fsp3) is 0.357. The van der Waals surface area contributed by atoms with E-state index in [4.69, 9.17) is 11.6 Å². The molecule has 0 bridgehead atoms. The molecule has 5 rings (SSSR count). The number of nitrogens with zero attached hydrogens (tertiary/aromatic N) is 1. The topological polar surface area (TPSA) is 57.6 Å². The number of hydrogen-bond acceptors (Lipinski definition) is 3. The zero-order valence-corrected chi connectivity index (χ0v) is 20.8. The van der Waals surface area contributed by atoms with E-state index in [9.17, 15) is 13.5 Å². The molecule has 0 spiro atoms. The molecule has 2 fully saturated rings. The Labute approximate surface area is 207 Å². The molecule has 1 aliphatic heterocycles. The highest BCUT2D eigenvalue weighted by Crippen LogP contribution is 2.49. The molecule has 178 valence electrons. The summed E-state index contributed by atoms with van der Waals surface area (Å²) in [6.07, 6.45) is 2.21. The summed E-state index contributed by atoms with van der Waals surface area (Å²) < 4.78 is 30.1. The second-order valence-corrected chi connectivity index (χ2v) is 12.0. The molecule has 34 heavy (non-hydrogen) atoms. The van der Waals surface area contributed by atoms with Crippen LogP contribution in [0.15, 0.2) is 83.8 Å². The molecule has 0 unspecified atom stereocenters. The van der Waals surface area contributed by atoms with E-state index in [-0.39, 0.29) is 17.9 Å². The molecule has 1 saturated carbocycles. The minimum atomic E-state index is -3.79. The van der Waals surface area contributed by atoms with Crippen LogP contribution < -0.4 is 0 Å². The van der Waals surface area contributed by atoms with E-state index < -0.39 is 22.2 Å². The van der Waals surface area contributed by atoms with Crippen LogP contribution in [0.4, 0.5) is 0 Å². The highest BCUT2D eigenvalue weighted by atomic mass is 35.5. The van der Waals surface area contributed by atoms with Crippen LogP contribution in [0, 0.1) is 12.8 Å². The average Bonchev–Trinajstić information content (AvgIpc) is 2.84. The molecule has 3 aromatic carbocycles. The van der Waals surface area contributed by atoms with Crippen molar-refractivity contribution < 1.29 is 13.5 Å². The number of sulfonamides is 1. The summed E-state index contributed by atoms with van der Waals surface area (Å²) in [7, 11) is -3.79. The molecule has 1 heterocycles. The van der Waals surface area contributed by atoms with Crippen molar-refractivity contribution in [3.63, 3.8) is 0 Å². The lowest BCUT2D eigenvalue weighted by atomic mass is 9.70. The molecule has 1 aliphatic carbocycles. The van der Waals surface area contributed by atoms with E-state index >= 15 is 0 Å². The fourth-order valence-electron chi connectivity index (χ4n) is 5.85. The van der Waals surface area contributed by atoms with E-state index in [1.807, 2.05) is 67.6 Å². The standard InChI is InChI=1S/C28H30ClNO3S/c1-19-10-13-24(14-11-19)34(32,33)30-26(20-6-3-2-4-7-20)18-28(31)25-15-12-22(17-27(25)30)21-8-5-9-23(29)16-21/h2-11,13-14,16,22,25-28,31H,12,15,17-18H2,1H3/t22-,25+,26-,27-,28-/m0/s1. The van der Waals surface area contributed by atoms with E-state index in [1.54, 1.807) is 16.4 Å². The normalized spacial score (nSPS) is 27.8. The molecule has 0 aromatic heterocycles. The molecule has 5 atom stereocenters. The van der Waals surface area contributed by atoms with Gasteiger partial charge in [-0.1, -0.05) is 71.8 Å². The molecular weight excluding hydrogens is 466 g/mol. The Kier molecular flexibility index (Phi) is 6.56. The van der Waals surface area contributed by atoms with Gasteiger partial charge in [-0.3, -0.25) is 0 Å². The molecule has 2 aliphatic rings. The number of fused-ring (bicyclic) bond motifs is 1. The van der Waals surface area contributed by atoms with Crippen LogP contribution >= 0.6 is 11.6 Å². The fourth-order valence-corrected chi connectivity index (χ4v) is 7.91. The van der Waals surface area contributed by atoms with Crippen molar-refractivity contribution >= 4 is 21.6 Å². The van der Waals surface area contributed by atoms with Crippen LogP contribution in [-0.4, -0.2) is 30.0 Å². The molecule has 1 saturated heterocycles. The Morgan fingerprint density at radius 2 is 1.59 bits per heavy atom. The summed E-state index contributed by atoms with van der Waals surface area (Å²) >= 11 is 6.28. The summed E-state index contributed by atoms with van der Waals surface area (Å²) in [5, 5.41) is 11.9. The van der Waals surface area contributed by atoms with Crippen LogP contribution in [0.2, 0.25) is 5.02 Å². The smallest absolute Gasteiger partial charge is 0.243 e. The minimum absolute atomic E-state index is 0.0874. The number of aryl methyl sites for hydroxylation is 1. The van der Waals surface area contributed by atoms with Gasteiger partial charge in [0, 0.05) is 17.0 Å². The zero-order chi connectivity index (χ0) is 23.9. The quantitative estimate of drug-likeness (QED) is 0.476. The average molecular weight is 496 g/mol. The van der Waals surface area contributed by atoms with Gasteiger partial charge in [0.2, 0.25) is 10.0 Å². The summed E-state index contributed by atoms with van der Waals surface area (Å²) in [6.45, 7) is 1.95. The number of rotatable bonds is 4. The summed E-state index contributed by atoms with van der Waals surface area (Å²) in [4.78, 5) is 0.305. The largest absolute Gasteiger partial charge is 0.393 e. The van der Waals surface area contributed by atoms with Crippen molar-refractivity contribution in [2.24, 2.45) is 5.92 Å². The first kappa shape index (κ1) is 23.6. The maximum Gasteiger partial charge on any atom is 0.243 e. The second kappa shape index (κ2) is 9.46. The third kappa shape index (κ3) is 4.42. The lowest BCUT2D eigenvalue weighted by Gasteiger charge is -2.51. The van der Waals surface area contributed by atoms with Crippen molar-refractivity contribution in [3.8, 4) is 0 Å². The molecule has 6 heteroatoms. The van der Waals surface area contributed by atoms with Gasteiger partial charge in [-0.25, -0.2) is 8.42 Å². The lowest BCUT2D eigenvalue weighted by Crippen LogP contribution is -2.56. The summed E-state index contributed by atoms with van der Waals surface area (Å²) in [6, 6.07) is 24.0. The van der Waals surface area contributed by atoms with Gasteiger partial charge in [-0.15, -0.1) is 0 Å². The number of piperidine rings is 1. The SMILES string of the molecule is Cc1ccc(S(=O)(=O)N2[C@H](c3ccccc3)C[C@H](O)[C@@H]3CC[C@H](c4cccc(Cl)c4)C[C@@H]32)cc1. The van der Waals surface area contributed by atoms with Crippen LogP contribution in [0.1, 0.15) is 54.3 Å². The maximum atomic E-state index is 14.2. The Morgan fingerprint density at radius 1 is 0.882 bits per heavy atom. The van der Waals surface area contributed by atoms with Crippen LogP contribution in [-0.2, 0) is 10.0 Å². The van der Waals surface area contributed by atoms with Gasteiger partial charge in [-0.05, 0) is 73.9 Å². The summed E-state index contributed by atoms with van der Waals surface area (Å²) in [5.74, 6) is 0.105. The first-order valence-electron chi connectivity index (χ1n) is 11.9. The van der Waals surface area contributed by atoms with E-state index in [0.29, 0.717) is 22.8 Å². The third-order valence-electron chi connectivity index (χ3n) is 7.56. The first-order valence-corrected chi connectivity index (χ1v) is 13.7. The molecule has 0 radical (unpaired) electrons. The Hall–Kier alpha value is -2.18. The van der Waals surface area contributed by atoms with E-state index in [2.05, 4.69) is 6.07 Å². The second-order valence-electron chi connectivity index (χ2n) is 9.67. The summed E-state index contributed by atoms with van der Waals surface area (Å²) in [5.41, 5.74) is 3.07. The molecule has 4 nitrogen and oxygen atoms in total.